The van der Waals surface area contributed by atoms with Crippen molar-refractivity contribution in [3.8, 4) is 11.5 Å². The second-order valence-electron chi connectivity index (χ2n) is 8.64. The van der Waals surface area contributed by atoms with Gasteiger partial charge in [-0.05, 0) is 49.9 Å². The van der Waals surface area contributed by atoms with Gasteiger partial charge in [0.1, 0.15) is 17.3 Å². The average Bonchev–Trinajstić information content (AvgIpc) is 2.84. The Bertz CT molecular complexity index is 1140. The molecule has 1 heterocycles. The van der Waals surface area contributed by atoms with Crippen LogP contribution in [0.1, 0.15) is 25.7 Å². The Balaban J connectivity index is 1.33. The normalized spacial score (nSPS) is 17.6. The van der Waals surface area contributed by atoms with Crippen LogP contribution in [0, 0.1) is 0 Å². The van der Waals surface area contributed by atoms with Gasteiger partial charge in [-0.15, -0.1) is 0 Å². The van der Waals surface area contributed by atoms with Crippen molar-refractivity contribution in [1.82, 2.24) is 15.3 Å². The molecule has 0 unspecified atom stereocenters. The molecule has 0 bridgehead atoms. The Morgan fingerprint density at radius 2 is 1.71 bits per heavy atom. The van der Waals surface area contributed by atoms with E-state index in [1.54, 1.807) is 32.4 Å². The van der Waals surface area contributed by atoms with Crippen LogP contribution in [0.5, 0.6) is 11.5 Å². The molecular weight excluding hydrogens is 432 g/mol. The zero-order valence-electron chi connectivity index (χ0n) is 20.1. The lowest BCUT2D eigenvalue weighted by Gasteiger charge is -2.30. The number of carbonyl (C=O) groups excluding carboxylic acids is 1. The highest BCUT2D eigenvalue weighted by molar-refractivity contribution is 5.91. The fraction of sp³-hybridized carbons (Fsp3) is 0.400. The largest absolute Gasteiger partial charge is 0.497 e. The quantitative estimate of drug-likeness (QED) is 0.480. The lowest BCUT2D eigenvalue weighted by atomic mass is 9.91. The molecular formula is C25H32N6O3. The van der Waals surface area contributed by atoms with Crippen LogP contribution < -0.4 is 30.3 Å². The second-order valence-corrected chi connectivity index (χ2v) is 8.64. The minimum atomic E-state index is -0.253. The van der Waals surface area contributed by atoms with Crippen molar-refractivity contribution >= 4 is 34.4 Å². The third kappa shape index (κ3) is 5.41. The van der Waals surface area contributed by atoms with Gasteiger partial charge < -0.3 is 30.3 Å². The van der Waals surface area contributed by atoms with E-state index in [1.165, 1.54) is 0 Å². The Hall–Kier alpha value is -3.75. The number of fused-ring (bicyclic) bond motifs is 1. The van der Waals surface area contributed by atoms with E-state index in [0.29, 0.717) is 23.1 Å². The number of hydrogen-bond donors (Lipinski definition) is 3. The highest BCUT2D eigenvalue weighted by Gasteiger charge is 2.24. The van der Waals surface area contributed by atoms with Crippen molar-refractivity contribution in [2.75, 3.05) is 43.8 Å². The molecule has 2 amide bonds. The molecule has 9 nitrogen and oxygen atoms in total. The van der Waals surface area contributed by atoms with Gasteiger partial charge in [0.25, 0.3) is 0 Å². The van der Waals surface area contributed by atoms with E-state index in [9.17, 15) is 4.79 Å². The minimum Gasteiger partial charge on any atom is -0.497 e. The van der Waals surface area contributed by atoms with Crippen LogP contribution in [0.3, 0.4) is 0 Å². The van der Waals surface area contributed by atoms with Gasteiger partial charge in [-0.1, -0.05) is 12.1 Å². The maximum Gasteiger partial charge on any atom is 0.319 e. The van der Waals surface area contributed by atoms with E-state index in [2.05, 4.69) is 16.0 Å². The van der Waals surface area contributed by atoms with Gasteiger partial charge in [-0.3, -0.25) is 0 Å². The van der Waals surface area contributed by atoms with E-state index in [4.69, 9.17) is 19.4 Å². The highest BCUT2D eigenvalue weighted by Crippen LogP contribution is 2.29. The predicted molar refractivity (Wildman–Crippen MR) is 135 cm³/mol. The van der Waals surface area contributed by atoms with Crippen molar-refractivity contribution < 1.29 is 14.3 Å². The highest BCUT2D eigenvalue weighted by atomic mass is 16.5. The number of aromatic nitrogens is 2. The van der Waals surface area contributed by atoms with E-state index >= 15 is 0 Å². The van der Waals surface area contributed by atoms with E-state index < -0.39 is 0 Å². The summed E-state index contributed by atoms with van der Waals surface area (Å²) in [5.74, 6) is 2.77. The first kappa shape index (κ1) is 23.4. The third-order valence-corrected chi connectivity index (χ3v) is 6.06. The molecule has 0 radical (unpaired) electrons. The maximum atomic E-state index is 12.6. The summed E-state index contributed by atoms with van der Waals surface area (Å²) in [6.07, 6.45) is 3.57. The molecule has 1 aromatic heterocycles. The summed E-state index contributed by atoms with van der Waals surface area (Å²) in [5.41, 5.74) is 1.49. The van der Waals surface area contributed by atoms with Crippen LogP contribution in [0.2, 0.25) is 0 Å². The minimum absolute atomic E-state index is 0.101. The number of nitrogens with zero attached hydrogens (tertiary/aromatic N) is 3. The van der Waals surface area contributed by atoms with E-state index in [-0.39, 0.29) is 18.1 Å². The van der Waals surface area contributed by atoms with Crippen LogP contribution >= 0.6 is 0 Å². The van der Waals surface area contributed by atoms with E-state index in [0.717, 1.165) is 42.4 Å². The van der Waals surface area contributed by atoms with Gasteiger partial charge in [-0.2, -0.15) is 4.98 Å². The average molecular weight is 465 g/mol. The Morgan fingerprint density at radius 3 is 2.41 bits per heavy atom. The number of para-hydroxylation sites is 1. The lowest BCUT2D eigenvalue weighted by molar-refractivity contribution is 0.243. The van der Waals surface area contributed by atoms with Gasteiger partial charge in [-0.25, -0.2) is 9.78 Å². The molecule has 3 aromatic rings. The molecule has 0 atom stereocenters. The summed E-state index contributed by atoms with van der Waals surface area (Å²) in [6.45, 7) is 0. The number of urea groups is 1. The third-order valence-electron chi connectivity index (χ3n) is 6.06. The van der Waals surface area contributed by atoms with Gasteiger partial charge in [0.05, 0.1) is 25.4 Å². The predicted octanol–water partition coefficient (Wildman–Crippen LogP) is 4.26. The fourth-order valence-electron chi connectivity index (χ4n) is 4.29. The molecule has 1 fully saturated rings. The van der Waals surface area contributed by atoms with Crippen LogP contribution in [-0.2, 0) is 0 Å². The first-order valence-electron chi connectivity index (χ1n) is 11.5. The molecule has 180 valence electrons. The maximum absolute atomic E-state index is 12.6. The molecule has 1 aliphatic rings. The van der Waals surface area contributed by atoms with Gasteiger partial charge in [0, 0.05) is 37.6 Å². The van der Waals surface area contributed by atoms with Crippen molar-refractivity contribution in [3.63, 3.8) is 0 Å². The standard InChI is InChI=1S/C25H32N6O3/c1-31(2)23-19-7-5-6-8-20(19)28-24(30-23)26-16-9-11-17(12-10-16)27-25(32)29-21-15-18(33-3)13-14-22(21)34-4/h5-8,13-17H,9-12H2,1-4H3,(H,26,28,30)(H2,27,29,32). The Kier molecular flexibility index (Phi) is 7.20. The van der Waals surface area contributed by atoms with Crippen LogP contribution in [0.15, 0.2) is 42.5 Å². The molecule has 1 aliphatic carbocycles. The zero-order valence-corrected chi connectivity index (χ0v) is 20.1. The summed E-state index contributed by atoms with van der Waals surface area (Å²) in [5, 5.41) is 10.5. The molecule has 34 heavy (non-hydrogen) atoms. The summed E-state index contributed by atoms with van der Waals surface area (Å²) in [6, 6.07) is 13.4. The Labute approximate surface area is 199 Å². The molecule has 3 N–H and O–H groups in total. The topological polar surface area (TPSA) is 101 Å². The molecule has 2 aromatic carbocycles. The number of carbonyl (C=O) groups is 1. The van der Waals surface area contributed by atoms with Gasteiger partial charge in [0.2, 0.25) is 5.95 Å². The number of nitrogens with one attached hydrogen (secondary N) is 3. The second kappa shape index (κ2) is 10.5. The smallest absolute Gasteiger partial charge is 0.319 e. The van der Waals surface area contributed by atoms with E-state index in [1.807, 2.05) is 43.3 Å². The zero-order chi connectivity index (χ0) is 24.1. The number of ether oxygens (including phenoxy) is 2. The fourth-order valence-corrected chi connectivity index (χ4v) is 4.29. The lowest BCUT2D eigenvalue weighted by Crippen LogP contribution is -2.42. The molecule has 0 saturated heterocycles. The van der Waals surface area contributed by atoms with Crippen LogP contribution in [0.25, 0.3) is 10.9 Å². The van der Waals surface area contributed by atoms with Crippen molar-refractivity contribution in [2.24, 2.45) is 0 Å². The van der Waals surface area contributed by atoms with Crippen LogP contribution in [-0.4, -0.2) is 56.4 Å². The number of benzene rings is 2. The summed E-state index contributed by atoms with van der Waals surface area (Å²) in [4.78, 5) is 24.0. The molecule has 0 spiro atoms. The summed E-state index contributed by atoms with van der Waals surface area (Å²) < 4.78 is 10.6. The van der Waals surface area contributed by atoms with Gasteiger partial charge >= 0.3 is 6.03 Å². The first-order chi connectivity index (χ1) is 16.5. The Morgan fingerprint density at radius 1 is 0.971 bits per heavy atom. The SMILES string of the molecule is COc1ccc(OC)c(NC(=O)NC2CCC(Nc3nc(N(C)C)c4ccccc4n3)CC2)c1. The molecule has 0 aliphatic heterocycles. The van der Waals surface area contributed by atoms with Crippen molar-refractivity contribution in [2.45, 2.75) is 37.8 Å². The number of methoxy groups -OCH3 is 2. The molecule has 4 rings (SSSR count). The number of amides is 2. The molecule has 9 heteroatoms. The number of rotatable bonds is 7. The summed E-state index contributed by atoms with van der Waals surface area (Å²) >= 11 is 0. The molecule has 1 saturated carbocycles. The van der Waals surface area contributed by atoms with Gasteiger partial charge in [0.15, 0.2) is 0 Å². The summed E-state index contributed by atoms with van der Waals surface area (Å²) in [7, 11) is 7.13. The number of anilines is 3. The number of hydrogen-bond acceptors (Lipinski definition) is 7. The monoisotopic (exact) mass is 464 g/mol. The van der Waals surface area contributed by atoms with Crippen LogP contribution in [0.4, 0.5) is 22.2 Å². The van der Waals surface area contributed by atoms with Crippen molar-refractivity contribution in [1.29, 1.82) is 0 Å². The first-order valence-corrected chi connectivity index (χ1v) is 11.5. The van der Waals surface area contributed by atoms with Crippen molar-refractivity contribution in [3.05, 3.63) is 42.5 Å².